The number of nitrogens with zero attached hydrogens (tertiary/aromatic N) is 2. The van der Waals surface area contributed by atoms with Crippen LogP contribution in [0, 0.1) is 0 Å². The first kappa shape index (κ1) is 21.7. The Hall–Kier alpha value is -1.30. The van der Waals surface area contributed by atoms with E-state index in [1.165, 1.54) is 0 Å². The van der Waals surface area contributed by atoms with Crippen LogP contribution in [0.3, 0.4) is 0 Å². The molecule has 0 aliphatic carbocycles. The highest BCUT2D eigenvalue weighted by Crippen LogP contribution is 2.05. The van der Waals surface area contributed by atoms with Crippen molar-refractivity contribution in [2.75, 3.05) is 32.7 Å². The van der Waals surface area contributed by atoms with Crippen molar-refractivity contribution in [1.82, 2.24) is 20.9 Å². The zero-order valence-electron chi connectivity index (χ0n) is 15.9. The van der Waals surface area contributed by atoms with Crippen molar-refractivity contribution in [3.05, 3.63) is 0 Å². The van der Waals surface area contributed by atoms with Gasteiger partial charge in [-0.3, -0.25) is 9.69 Å². The minimum absolute atomic E-state index is 0.0326. The van der Waals surface area contributed by atoms with Gasteiger partial charge in [0.05, 0.1) is 0 Å². The molecule has 23 heavy (non-hydrogen) atoms. The molecule has 0 heterocycles. The van der Waals surface area contributed by atoms with Crippen LogP contribution in [0.5, 0.6) is 0 Å². The van der Waals surface area contributed by atoms with E-state index in [1.807, 2.05) is 13.8 Å². The number of guanidine groups is 1. The van der Waals surface area contributed by atoms with Crippen LogP contribution < -0.4 is 16.0 Å². The summed E-state index contributed by atoms with van der Waals surface area (Å²) in [7, 11) is 0. The monoisotopic (exact) mass is 327 g/mol. The molecule has 0 fully saturated rings. The third-order valence-electron chi connectivity index (χ3n) is 3.51. The maximum absolute atomic E-state index is 11.6. The lowest BCUT2D eigenvalue weighted by atomic mass is 10.2. The highest BCUT2D eigenvalue weighted by Gasteiger charge is 2.12. The van der Waals surface area contributed by atoms with Gasteiger partial charge in [-0.25, -0.2) is 4.99 Å². The van der Waals surface area contributed by atoms with Crippen molar-refractivity contribution in [3.63, 3.8) is 0 Å². The molecule has 0 aromatic rings. The molecule has 0 aliphatic rings. The number of amides is 1. The molecule has 0 bridgehead atoms. The summed E-state index contributed by atoms with van der Waals surface area (Å²) in [4.78, 5) is 18.4. The third-order valence-corrected chi connectivity index (χ3v) is 3.51. The fourth-order valence-corrected chi connectivity index (χ4v) is 2.39. The molecule has 0 unspecified atom stereocenters. The predicted molar refractivity (Wildman–Crippen MR) is 98.9 cm³/mol. The molecule has 3 N–H and O–H groups in total. The summed E-state index contributed by atoms with van der Waals surface area (Å²) >= 11 is 0. The van der Waals surface area contributed by atoms with E-state index in [0.29, 0.717) is 24.6 Å². The van der Waals surface area contributed by atoms with Gasteiger partial charge < -0.3 is 16.0 Å². The minimum atomic E-state index is -0.0326. The first-order chi connectivity index (χ1) is 10.9. The lowest BCUT2D eigenvalue weighted by Gasteiger charge is -2.30. The number of carbonyl (C=O) groups is 1. The van der Waals surface area contributed by atoms with Gasteiger partial charge in [-0.15, -0.1) is 0 Å². The second kappa shape index (κ2) is 13.2. The van der Waals surface area contributed by atoms with Crippen LogP contribution >= 0.6 is 0 Å². The molecule has 0 spiro atoms. The Morgan fingerprint density at radius 2 is 1.65 bits per heavy atom. The van der Waals surface area contributed by atoms with Crippen LogP contribution in [0.2, 0.25) is 0 Å². The highest BCUT2D eigenvalue weighted by molar-refractivity contribution is 5.84. The molecule has 0 atom stereocenters. The lowest BCUT2D eigenvalue weighted by molar-refractivity contribution is -0.119. The van der Waals surface area contributed by atoms with E-state index in [-0.39, 0.29) is 12.5 Å². The largest absolute Gasteiger partial charge is 0.357 e. The van der Waals surface area contributed by atoms with Gasteiger partial charge in [0.1, 0.15) is 6.54 Å². The summed E-state index contributed by atoms with van der Waals surface area (Å²) < 4.78 is 0. The second-order valence-electron chi connectivity index (χ2n) is 6.25. The topological polar surface area (TPSA) is 68.8 Å². The van der Waals surface area contributed by atoms with Crippen molar-refractivity contribution in [3.8, 4) is 0 Å². The van der Waals surface area contributed by atoms with Gasteiger partial charge in [-0.1, -0.05) is 6.92 Å². The average molecular weight is 328 g/mol. The molecular weight excluding hydrogens is 290 g/mol. The van der Waals surface area contributed by atoms with Gasteiger partial charge in [0.25, 0.3) is 0 Å². The third kappa shape index (κ3) is 11.0. The number of carbonyl (C=O) groups excluding carboxylic acids is 1. The molecular formula is C17H37N5O. The molecule has 136 valence electrons. The Morgan fingerprint density at radius 1 is 1.00 bits per heavy atom. The van der Waals surface area contributed by atoms with E-state index in [1.54, 1.807) is 0 Å². The van der Waals surface area contributed by atoms with E-state index < -0.39 is 0 Å². The minimum Gasteiger partial charge on any atom is -0.357 e. The first-order valence-corrected chi connectivity index (χ1v) is 8.96. The van der Waals surface area contributed by atoms with E-state index in [2.05, 4.69) is 53.5 Å². The number of nitrogens with one attached hydrogen (secondary N) is 3. The molecule has 6 heteroatoms. The quantitative estimate of drug-likeness (QED) is 0.306. The molecule has 0 aromatic carbocycles. The van der Waals surface area contributed by atoms with Crippen molar-refractivity contribution in [2.24, 2.45) is 4.99 Å². The number of hydrogen-bond donors (Lipinski definition) is 3. The molecule has 0 saturated heterocycles. The Labute approximate surface area is 142 Å². The Balaban J connectivity index is 4.20. The summed E-state index contributed by atoms with van der Waals surface area (Å²) in [6.07, 6.45) is 1.98. The summed E-state index contributed by atoms with van der Waals surface area (Å²) in [6.45, 7) is 16.5. The van der Waals surface area contributed by atoms with E-state index in [4.69, 9.17) is 0 Å². The predicted octanol–water partition coefficient (Wildman–Crippen LogP) is 1.58. The van der Waals surface area contributed by atoms with E-state index in [0.717, 1.165) is 32.5 Å². The van der Waals surface area contributed by atoms with Gasteiger partial charge in [0.2, 0.25) is 5.91 Å². The Morgan fingerprint density at radius 3 is 2.17 bits per heavy atom. The summed E-state index contributed by atoms with van der Waals surface area (Å²) in [5.41, 5.74) is 0. The van der Waals surface area contributed by atoms with Crippen LogP contribution in [0.1, 0.15) is 54.4 Å². The summed E-state index contributed by atoms with van der Waals surface area (Å²) in [5, 5.41) is 9.30. The molecule has 1 amide bonds. The van der Waals surface area contributed by atoms with Crippen molar-refractivity contribution in [1.29, 1.82) is 0 Å². The summed E-state index contributed by atoms with van der Waals surface area (Å²) in [5.74, 6) is 0.676. The van der Waals surface area contributed by atoms with E-state index in [9.17, 15) is 4.79 Å². The van der Waals surface area contributed by atoms with Gasteiger partial charge in [0, 0.05) is 38.3 Å². The summed E-state index contributed by atoms with van der Waals surface area (Å²) in [6, 6.07) is 1.11. The van der Waals surface area contributed by atoms with Gasteiger partial charge in [-0.05, 0) is 47.5 Å². The van der Waals surface area contributed by atoms with Crippen molar-refractivity contribution < 1.29 is 4.79 Å². The van der Waals surface area contributed by atoms with Gasteiger partial charge in [0.15, 0.2) is 5.96 Å². The first-order valence-electron chi connectivity index (χ1n) is 8.96. The van der Waals surface area contributed by atoms with Gasteiger partial charge >= 0.3 is 0 Å². The molecule has 0 aromatic heterocycles. The number of aliphatic imine (C=N–C) groups is 1. The number of rotatable bonds is 11. The van der Waals surface area contributed by atoms with Crippen molar-refractivity contribution in [2.45, 2.75) is 66.5 Å². The Kier molecular flexibility index (Phi) is 12.4. The zero-order valence-corrected chi connectivity index (χ0v) is 15.9. The molecule has 6 nitrogen and oxygen atoms in total. The molecule has 0 radical (unpaired) electrons. The van der Waals surface area contributed by atoms with E-state index >= 15 is 0 Å². The smallest absolute Gasteiger partial charge is 0.241 e. The normalized spacial score (nSPS) is 12.1. The standard InChI is InChI=1S/C17H37N5O/c1-7-10-19-16(23)13-21-17(18-8-2)20-11-9-12-22(14(3)4)15(5)6/h14-15H,7-13H2,1-6H3,(H,19,23)(H2,18,20,21). The average Bonchev–Trinajstić information content (AvgIpc) is 2.49. The van der Waals surface area contributed by atoms with Crippen LogP contribution in [-0.4, -0.2) is 61.6 Å². The number of hydrogen-bond acceptors (Lipinski definition) is 3. The van der Waals surface area contributed by atoms with Crippen molar-refractivity contribution >= 4 is 11.9 Å². The lowest BCUT2D eigenvalue weighted by Crippen LogP contribution is -2.41. The highest BCUT2D eigenvalue weighted by atomic mass is 16.1. The maximum Gasteiger partial charge on any atom is 0.241 e. The molecule has 0 saturated carbocycles. The fourth-order valence-electron chi connectivity index (χ4n) is 2.39. The maximum atomic E-state index is 11.6. The Bertz CT molecular complexity index is 334. The van der Waals surface area contributed by atoms with Crippen LogP contribution in [0.15, 0.2) is 4.99 Å². The fraction of sp³-hybridized carbons (Fsp3) is 0.882. The second-order valence-corrected chi connectivity index (χ2v) is 6.25. The molecule has 0 rings (SSSR count). The van der Waals surface area contributed by atoms with Crippen LogP contribution in [0.4, 0.5) is 0 Å². The molecule has 0 aliphatic heterocycles. The zero-order chi connectivity index (χ0) is 17.7. The SMILES string of the molecule is CCCNC(=O)CN=C(NCC)NCCCN(C(C)C)C(C)C. The van der Waals surface area contributed by atoms with Gasteiger partial charge in [-0.2, -0.15) is 0 Å². The van der Waals surface area contributed by atoms with Crippen LogP contribution in [-0.2, 0) is 4.79 Å². The van der Waals surface area contributed by atoms with Crippen LogP contribution in [0.25, 0.3) is 0 Å².